The lowest BCUT2D eigenvalue weighted by atomic mass is 9.74. The van der Waals surface area contributed by atoms with Gasteiger partial charge in [0.1, 0.15) is 0 Å². The molecule has 3 N–H and O–H groups in total. The second-order valence-electron chi connectivity index (χ2n) is 5.09. The summed E-state index contributed by atoms with van der Waals surface area (Å²) in [5.41, 5.74) is 6.07. The van der Waals surface area contributed by atoms with Gasteiger partial charge in [-0.05, 0) is 37.5 Å². The molecule has 0 aliphatic heterocycles. The summed E-state index contributed by atoms with van der Waals surface area (Å²) in [6.07, 6.45) is 7.36. The van der Waals surface area contributed by atoms with E-state index in [2.05, 4.69) is 20.6 Å². The molecule has 0 radical (unpaired) electrons. The van der Waals surface area contributed by atoms with E-state index in [9.17, 15) is 0 Å². The molecule has 0 bridgehead atoms. The number of aromatic nitrogens is 4. The molecule has 2 aliphatic rings. The Morgan fingerprint density at radius 1 is 1.27 bits per heavy atom. The topological polar surface area (TPSA) is 80.5 Å². The number of hydrogen-bond acceptors (Lipinski definition) is 4. The molecule has 2 atom stereocenters. The molecule has 2 unspecified atom stereocenters. The van der Waals surface area contributed by atoms with Gasteiger partial charge in [0.25, 0.3) is 0 Å². The predicted molar refractivity (Wildman–Crippen MR) is 54.7 cm³/mol. The van der Waals surface area contributed by atoms with Gasteiger partial charge in [0.05, 0.1) is 5.54 Å². The first-order valence-corrected chi connectivity index (χ1v) is 5.81. The Kier molecular flexibility index (Phi) is 2.02. The van der Waals surface area contributed by atoms with Crippen molar-refractivity contribution in [2.45, 2.75) is 44.1 Å². The minimum absolute atomic E-state index is 0.321. The van der Waals surface area contributed by atoms with Crippen LogP contribution in [0.2, 0.25) is 0 Å². The molecule has 0 saturated heterocycles. The van der Waals surface area contributed by atoms with E-state index >= 15 is 0 Å². The number of aromatic amines is 1. The van der Waals surface area contributed by atoms with Crippen molar-refractivity contribution in [2.24, 2.45) is 17.6 Å². The zero-order valence-corrected chi connectivity index (χ0v) is 8.82. The van der Waals surface area contributed by atoms with Crippen LogP contribution in [0, 0.1) is 11.8 Å². The molecule has 1 heterocycles. The fraction of sp³-hybridized carbons (Fsp3) is 0.900. The van der Waals surface area contributed by atoms with E-state index in [0.29, 0.717) is 5.82 Å². The number of H-pyrrole nitrogens is 1. The molecule has 5 heteroatoms. The third-order valence-corrected chi connectivity index (χ3v) is 3.90. The van der Waals surface area contributed by atoms with Gasteiger partial charge in [0, 0.05) is 0 Å². The van der Waals surface area contributed by atoms with Crippen molar-refractivity contribution in [1.82, 2.24) is 20.6 Å². The van der Waals surface area contributed by atoms with E-state index < -0.39 is 0 Å². The zero-order valence-electron chi connectivity index (χ0n) is 8.82. The molecule has 1 aromatic heterocycles. The second-order valence-corrected chi connectivity index (χ2v) is 5.09. The Labute approximate surface area is 88.8 Å². The SMILES string of the molecule is NC1(c2nn[nH]n2)CCCC(C2CC2)C1. The van der Waals surface area contributed by atoms with Crippen LogP contribution in [0.1, 0.15) is 44.3 Å². The second kappa shape index (κ2) is 3.27. The van der Waals surface area contributed by atoms with Crippen LogP contribution in [0.4, 0.5) is 0 Å². The van der Waals surface area contributed by atoms with Crippen LogP contribution in [0.5, 0.6) is 0 Å². The summed E-state index contributed by atoms with van der Waals surface area (Å²) in [6.45, 7) is 0. The Balaban J connectivity index is 1.79. The highest BCUT2D eigenvalue weighted by atomic mass is 15.5. The molecule has 0 amide bonds. The normalized spacial score (nSPS) is 36.7. The fourth-order valence-electron chi connectivity index (χ4n) is 2.90. The Morgan fingerprint density at radius 3 is 2.80 bits per heavy atom. The Hall–Kier alpha value is -0.970. The van der Waals surface area contributed by atoms with Crippen LogP contribution < -0.4 is 5.73 Å². The lowest BCUT2D eigenvalue weighted by Crippen LogP contribution is -2.43. The first-order valence-electron chi connectivity index (χ1n) is 5.81. The molecule has 5 nitrogen and oxygen atoms in total. The molecule has 1 aromatic rings. The first-order chi connectivity index (χ1) is 7.28. The van der Waals surface area contributed by atoms with Crippen molar-refractivity contribution in [3.63, 3.8) is 0 Å². The van der Waals surface area contributed by atoms with Crippen LogP contribution in [0.3, 0.4) is 0 Å². The Morgan fingerprint density at radius 2 is 2.13 bits per heavy atom. The maximum Gasteiger partial charge on any atom is 0.194 e. The number of tetrazole rings is 1. The average molecular weight is 207 g/mol. The van der Waals surface area contributed by atoms with Crippen LogP contribution in [0.25, 0.3) is 0 Å². The van der Waals surface area contributed by atoms with Gasteiger partial charge in [-0.1, -0.05) is 18.1 Å². The van der Waals surface area contributed by atoms with E-state index in [0.717, 1.165) is 24.7 Å². The van der Waals surface area contributed by atoms with Crippen LogP contribution in [-0.4, -0.2) is 20.6 Å². The van der Waals surface area contributed by atoms with Crippen molar-refractivity contribution in [3.8, 4) is 0 Å². The molecule has 0 aromatic carbocycles. The van der Waals surface area contributed by atoms with E-state index in [1.54, 1.807) is 0 Å². The van der Waals surface area contributed by atoms with Crippen molar-refractivity contribution in [3.05, 3.63) is 5.82 Å². The highest BCUT2D eigenvalue weighted by Gasteiger charge is 2.42. The van der Waals surface area contributed by atoms with Gasteiger partial charge in [-0.25, -0.2) is 0 Å². The Bertz CT molecular complexity index is 332. The summed E-state index contributed by atoms with van der Waals surface area (Å²) in [5.74, 6) is 2.43. The maximum atomic E-state index is 6.40. The number of nitrogens with zero attached hydrogens (tertiary/aromatic N) is 3. The van der Waals surface area contributed by atoms with Gasteiger partial charge < -0.3 is 5.73 Å². The van der Waals surface area contributed by atoms with Gasteiger partial charge in [0.2, 0.25) is 0 Å². The van der Waals surface area contributed by atoms with Gasteiger partial charge in [-0.3, -0.25) is 0 Å². The minimum Gasteiger partial charge on any atom is -0.319 e. The van der Waals surface area contributed by atoms with Crippen molar-refractivity contribution >= 4 is 0 Å². The molecule has 3 rings (SSSR count). The molecule has 2 aliphatic carbocycles. The van der Waals surface area contributed by atoms with Crippen LogP contribution in [0.15, 0.2) is 0 Å². The quantitative estimate of drug-likeness (QED) is 0.756. The molecule has 2 saturated carbocycles. The van der Waals surface area contributed by atoms with Crippen molar-refractivity contribution in [1.29, 1.82) is 0 Å². The van der Waals surface area contributed by atoms with Crippen molar-refractivity contribution < 1.29 is 0 Å². The van der Waals surface area contributed by atoms with Gasteiger partial charge in [-0.15, -0.1) is 10.2 Å². The lowest BCUT2D eigenvalue weighted by Gasteiger charge is -2.35. The summed E-state index contributed by atoms with van der Waals surface area (Å²) in [5, 5.41) is 14.2. The van der Waals surface area contributed by atoms with Gasteiger partial charge in [-0.2, -0.15) is 5.21 Å². The summed E-state index contributed by atoms with van der Waals surface area (Å²) in [4.78, 5) is 0. The smallest absolute Gasteiger partial charge is 0.194 e. The summed E-state index contributed by atoms with van der Waals surface area (Å²) in [7, 11) is 0. The molecule has 15 heavy (non-hydrogen) atoms. The summed E-state index contributed by atoms with van der Waals surface area (Å²) in [6, 6.07) is 0. The van der Waals surface area contributed by atoms with Gasteiger partial charge in [0.15, 0.2) is 5.82 Å². The fourth-order valence-corrected chi connectivity index (χ4v) is 2.90. The molecular weight excluding hydrogens is 190 g/mol. The van der Waals surface area contributed by atoms with E-state index in [1.807, 2.05) is 0 Å². The monoisotopic (exact) mass is 207 g/mol. The summed E-state index contributed by atoms with van der Waals surface area (Å²) < 4.78 is 0. The van der Waals surface area contributed by atoms with E-state index in [-0.39, 0.29) is 5.54 Å². The van der Waals surface area contributed by atoms with Crippen LogP contribution in [-0.2, 0) is 5.54 Å². The number of nitrogens with two attached hydrogens (primary N) is 1. The molecule has 2 fully saturated rings. The third-order valence-electron chi connectivity index (χ3n) is 3.90. The minimum atomic E-state index is -0.321. The summed E-state index contributed by atoms with van der Waals surface area (Å²) >= 11 is 0. The maximum absolute atomic E-state index is 6.40. The predicted octanol–water partition coefficient (Wildman–Crippen LogP) is 0.954. The van der Waals surface area contributed by atoms with Gasteiger partial charge >= 0.3 is 0 Å². The van der Waals surface area contributed by atoms with E-state index in [1.165, 1.54) is 25.7 Å². The standard InChI is InChI=1S/C10H17N5/c11-10(9-12-14-15-13-9)5-1-2-8(6-10)7-3-4-7/h7-8H,1-6,11H2,(H,12,13,14,15). The highest BCUT2D eigenvalue weighted by Crippen LogP contribution is 2.47. The number of hydrogen-bond donors (Lipinski definition) is 2. The average Bonchev–Trinajstić information content (AvgIpc) is 2.93. The number of nitrogens with one attached hydrogen (secondary N) is 1. The third kappa shape index (κ3) is 1.65. The molecule has 0 spiro atoms. The molecular formula is C10H17N5. The lowest BCUT2D eigenvalue weighted by molar-refractivity contribution is 0.198. The molecule has 82 valence electrons. The zero-order chi connectivity index (χ0) is 10.3. The van der Waals surface area contributed by atoms with Crippen molar-refractivity contribution in [2.75, 3.05) is 0 Å². The highest BCUT2D eigenvalue weighted by molar-refractivity contribution is 5.05. The largest absolute Gasteiger partial charge is 0.319 e. The first kappa shape index (κ1) is 9.27. The van der Waals surface area contributed by atoms with E-state index in [4.69, 9.17) is 5.73 Å². The number of rotatable bonds is 2. The van der Waals surface area contributed by atoms with Crippen LogP contribution >= 0.6 is 0 Å².